The van der Waals surface area contributed by atoms with Gasteiger partial charge in [-0.2, -0.15) is 0 Å². The van der Waals surface area contributed by atoms with Crippen LogP contribution in [0, 0.1) is 10.1 Å². The van der Waals surface area contributed by atoms with Gasteiger partial charge in [0.2, 0.25) is 5.82 Å². The lowest BCUT2D eigenvalue weighted by Crippen LogP contribution is -1.87. The molecule has 1 N–H and O–H groups in total. The number of nitro groups is 1. The van der Waals surface area contributed by atoms with E-state index in [1.54, 1.807) is 0 Å². The third-order valence-electron chi connectivity index (χ3n) is 1.81. The van der Waals surface area contributed by atoms with Crippen LogP contribution in [0.5, 0.6) is 0 Å². The molecule has 78 valence electrons. The molecule has 1 aromatic heterocycles. The smallest absolute Gasteiger partial charge is 0.340 e. The first kappa shape index (κ1) is 11.2. The second-order valence-corrected chi connectivity index (χ2v) is 2.74. The molecule has 6 heteroatoms. The van der Waals surface area contributed by atoms with Gasteiger partial charge < -0.3 is 10.1 Å². The van der Waals surface area contributed by atoms with Crippen LogP contribution in [0.2, 0.25) is 0 Å². The number of hydrogen-bond donors (Lipinski definition) is 1. The molecule has 1 heterocycles. The highest BCUT2D eigenvalue weighted by molar-refractivity contribution is 5.85. The topological polar surface area (TPSA) is 71.8 Å². The number of aromatic nitrogens is 2. The molecule has 0 saturated carbocycles. The van der Waals surface area contributed by atoms with E-state index < -0.39 is 4.92 Å². The monoisotopic (exact) mass is 225 g/mol. The van der Waals surface area contributed by atoms with Crippen molar-refractivity contribution in [1.82, 2.24) is 9.97 Å². The fourth-order valence-electron chi connectivity index (χ4n) is 1.15. The third-order valence-corrected chi connectivity index (χ3v) is 1.81. The number of rotatable bonds is 2. The van der Waals surface area contributed by atoms with E-state index in [1.807, 2.05) is 30.3 Å². The van der Waals surface area contributed by atoms with Gasteiger partial charge in [0.05, 0.1) is 0 Å². The molecule has 15 heavy (non-hydrogen) atoms. The second kappa shape index (κ2) is 4.56. The Morgan fingerprint density at radius 2 is 1.93 bits per heavy atom. The number of nitrogens with one attached hydrogen (secondary N) is 1. The predicted molar refractivity (Wildman–Crippen MR) is 57.9 cm³/mol. The Hall–Kier alpha value is -1.88. The molecule has 0 amide bonds. The molecular weight excluding hydrogens is 218 g/mol. The van der Waals surface area contributed by atoms with Gasteiger partial charge in [0.15, 0.2) is 0 Å². The van der Waals surface area contributed by atoms with Gasteiger partial charge in [0.25, 0.3) is 0 Å². The maximum atomic E-state index is 10.4. The molecule has 0 bridgehead atoms. The highest BCUT2D eigenvalue weighted by Gasteiger charge is 2.10. The van der Waals surface area contributed by atoms with Gasteiger partial charge >= 0.3 is 5.82 Å². The zero-order valence-electron chi connectivity index (χ0n) is 7.58. The lowest BCUT2D eigenvalue weighted by molar-refractivity contribution is -0.389. The summed E-state index contributed by atoms with van der Waals surface area (Å²) in [5.74, 6) is 0.418. The van der Waals surface area contributed by atoms with Crippen molar-refractivity contribution >= 4 is 18.2 Å². The van der Waals surface area contributed by atoms with Crippen molar-refractivity contribution in [3.8, 4) is 11.4 Å². The highest BCUT2D eigenvalue weighted by atomic mass is 35.5. The van der Waals surface area contributed by atoms with Crippen molar-refractivity contribution in [3.63, 3.8) is 0 Å². The molecular formula is C9H8ClN3O2. The molecule has 0 aliphatic heterocycles. The third kappa shape index (κ3) is 2.32. The maximum Gasteiger partial charge on any atom is 0.340 e. The van der Waals surface area contributed by atoms with Crippen molar-refractivity contribution in [2.24, 2.45) is 0 Å². The Morgan fingerprint density at radius 1 is 1.27 bits per heavy atom. The van der Waals surface area contributed by atoms with E-state index >= 15 is 0 Å². The second-order valence-electron chi connectivity index (χ2n) is 2.74. The molecule has 0 unspecified atom stereocenters. The number of aromatic amines is 1. The minimum atomic E-state index is -0.501. The number of imidazole rings is 1. The summed E-state index contributed by atoms with van der Waals surface area (Å²) in [6.45, 7) is 0. The molecule has 2 rings (SSSR count). The van der Waals surface area contributed by atoms with Gasteiger partial charge in [-0.05, 0) is 17.1 Å². The maximum absolute atomic E-state index is 10.4. The molecule has 0 saturated heterocycles. The van der Waals surface area contributed by atoms with Crippen LogP contribution in [-0.2, 0) is 0 Å². The molecule has 0 spiro atoms. The average Bonchev–Trinajstić information content (AvgIpc) is 2.68. The molecule has 5 nitrogen and oxygen atoms in total. The van der Waals surface area contributed by atoms with Crippen LogP contribution >= 0.6 is 12.4 Å². The summed E-state index contributed by atoms with van der Waals surface area (Å²) in [6.07, 6.45) is 1.21. The Morgan fingerprint density at radius 3 is 2.47 bits per heavy atom. The Labute approximate surface area is 91.7 Å². The van der Waals surface area contributed by atoms with E-state index in [2.05, 4.69) is 9.97 Å². The minimum absolute atomic E-state index is 0. The van der Waals surface area contributed by atoms with Crippen LogP contribution in [0.1, 0.15) is 0 Å². The van der Waals surface area contributed by atoms with Crippen LogP contribution < -0.4 is 0 Å². The van der Waals surface area contributed by atoms with Gasteiger partial charge in [-0.15, -0.1) is 12.4 Å². The van der Waals surface area contributed by atoms with E-state index in [0.29, 0.717) is 5.82 Å². The summed E-state index contributed by atoms with van der Waals surface area (Å²) in [4.78, 5) is 16.4. The van der Waals surface area contributed by atoms with E-state index in [0.717, 1.165) is 5.56 Å². The fourth-order valence-corrected chi connectivity index (χ4v) is 1.15. The molecule has 0 atom stereocenters. The first-order valence-electron chi connectivity index (χ1n) is 4.02. The van der Waals surface area contributed by atoms with E-state index in [9.17, 15) is 10.1 Å². The number of H-pyrrole nitrogens is 1. The van der Waals surface area contributed by atoms with E-state index in [1.165, 1.54) is 6.20 Å². The largest absolute Gasteiger partial charge is 0.358 e. The molecule has 0 aliphatic rings. The fraction of sp³-hybridized carbons (Fsp3) is 0. The SMILES string of the molecule is Cl.O=[N+]([O-])c1cnc(-c2ccccc2)[nH]1. The Kier molecular flexibility index (Phi) is 3.41. The Balaban J connectivity index is 0.00000112. The van der Waals surface area contributed by atoms with Crippen molar-refractivity contribution in [2.75, 3.05) is 0 Å². The van der Waals surface area contributed by atoms with Crippen molar-refractivity contribution in [2.45, 2.75) is 0 Å². The van der Waals surface area contributed by atoms with E-state index in [-0.39, 0.29) is 18.2 Å². The molecule has 0 radical (unpaired) electrons. The van der Waals surface area contributed by atoms with Gasteiger partial charge in [0, 0.05) is 5.56 Å². The van der Waals surface area contributed by atoms with Gasteiger partial charge in [0.1, 0.15) is 6.20 Å². The molecule has 0 fully saturated rings. The van der Waals surface area contributed by atoms with Gasteiger partial charge in [-0.1, -0.05) is 18.2 Å². The van der Waals surface area contributed by atoms with Crippen molar-refractivity contribution < 1.29 is 4.92 Å². The zero-order chi connectivity index (χ0) is 9.97. The quantitative estimate of drug-likeness (QED) is 0.630. The van der Waals surface area contributed by atoms with Crippen molar-refractivity contribution in [3.05, 3.63) is 46.6 Å². The van der Waals surface area contributed by atoms with E-state index in [4.69, 9.17) is 0 Å². The lowest BCUT2D eigenvalue weighted by Gasteiger charge is -1.90. The summed E-state index contributed by atoms with van der Waals surface area (Å²) in [7, 11) is 0. The summed E-state index contributed by atoms with van der Waals surface area (Å²) in [5.41, 5.74) is 0.834. The van der Waals surface area contributed by atoms with Crippen LogP contribution in [0.3, 0.4) is 0 Å². The Bertz CT molecular complexity index is 455. The summed E-state index contributed by atoms with van der Waals surface area (Å²) >= 11 is 0. The highest BCUT2D eigenvalue weighted by Crippen LogP contribution is 2.17. The van der Waals surface area contributed by atoms with Crippen LogP contribution in [0.25, 0.3) is 11.4 Å². The standard InChI is InChI=1S/C9H7N3O2.ClH/c13-12(14)8-6-10-9(11-8)7-4-2-1-3-5-7;/h1-6H,(H,10,11);1H. The minimum Gasteiger partial charge on any atom is -0.358 e. The average molecular weight is 226 g/mol. The number of hydrogen-bond acceptors (Lipinski definition) is 3. The van der Waals surface area contributed by atoms with Crippen molar-refractivity contribution in [1.29, 1.82) is 0 Å². The molecule has 2 aromatic rings. The lowest BCUT2D eigenvalue weighted by atomic mass is 10.2. The first-order valence-corrected chi connectivity index (χ1v) is 4.02. The summed E-state index contributed by atoms with van der Waals surface area (Å²) in [6, 6.07) is 9.25. The summed E-state index contributed by atoms with van der Waals surface area (Å²) in [5, 5.41) is 10.4. The van der Waals surface area contributed by atoms with Gasteiger partial charge in [-0.25, -0.2) is 9.97 Å². The summed E-state index contributed by atoms with van der Waals surface area (Å²) < 4.78 is 0. The zero-order valence-corrected chi connectivity index (χ0v) is 8.40. The number of benzene rings is 1. The van der Waals surface area contributed by atoms with Crippen LogP contribution in [-0.4, -0.2) is 14.9 Å². The number of halogens is 1. The first-order chi connectivity index (χ1) is 6.77. The molecule has 1 aromatic carbocycles. The van der Waals surface area contributed by atoms with Crippen LogP contribution in [0.15, 0.2) is 36.5 Å². The number of nitrogens with zero attached hydrogens (tertiary/aromatic N) is 2. The predicted octanol–water partition coefficient (Wildman–Crippen LogP) is 2.41. The normalized spacial score (nSPS) is 9.33. The van der Waals surface area contributed by atoms with Gasteiger partial charge in [-0.3, -0.25) is 0 Å². The molecule has 0 aliphatic carbocycles. The van der Waals surface area contributed by atoms with Crippen LogP contribution in [0.4, 0.5) is 5.82 Å².